The molecule has 0 fully saturated rings. The van der Waals surface area contributed by atoms with Gasteiger partial charge in [0.05, 0.1) is 0 Å². The van der Waals surface area contributed by atoms with Gasteiger partial charge >= 0.3 is 0 Å². The van der Waals surface area contributed by atoms with Crippen molar-refractivity contribution < 1.29 is 4.79 Å². The van der Waals surface area contributed by atoms with Gasteiger partial charge in [-0.2, -0.15) is 0 Å². The van der Waals surface area contributed by atoms with Crippen molar-refractivity contribution in [3.05, 3.63) is 35.9 Å². The van der Waals surface area contributed by atoms with Gasteiger partial charge < -0.3 is 4.79 Å². The summed E-state index contributed by atoms with van der Waals surface area (Å²) in [5, 5.41) is 0. The second-order valence-electron chi connectivity index (χ2n) is 2.86. The second kappa shape index (κ2) is 4.70. The summed E-state index contributed by atoms with van der Waals surface area (Å²) in [6.07, 6.45) is 3.01. The summed E-state index contributed by atoms with van der Waals surface area (Å²) in [6.45, 7) is 2.09. The van der Waals surface area contributed by atoms with E-state index in [0.29, 0.717) is 0 Å². The van der Waals surface area contributed by atoms with Crippen molar-refractivity contribution in [2.45, 2.75) is 25.7 Å². The van der Waals surface area contributed by atoms with Crippen molar-refractivity contribution in [1.29, 1.82) is 0 Å². The van der Waals surface area contributed by atoms with Gasteiger partial charge in [-0.25, -0.2) is 0 Å². The molecule has 0 saturated carbocycles. The molecule has 0 aliphatic carbocycles. The maximum Gasteiger partial charge on any atom is 0.127 e. The predicted octanol–water partition coefficient (Wildman–Crippen LogP) is 2.57. The van der Waals surface area contributed by atoms with Crippen LogP contribution in [0.25, 0.3) is 0 Å². The van der Waals surface area contributed by atoms with E-state index < -0.39 is 0 Å². The van der Waals surface area contributed by atoms with Gasteiger partial charge in [0.1, 0.15) is 6.29 Å². The van der Waals surface area contributed by atoms with E-state index in [1.54, 1.807) is 0 Å². The third-order valence-electron chi connectivity index (χ3n) is 1.94. The predicted molar refractivity (Wildman–Crippen MR) is 49.0 cm³/mol. The lowest BCUT2D eigenvalue weighted by atomic mass is 9.96. The number of benzene rings is 1. The minimum Gasteiger partial charge on any atom is -0.303 e. The highest BCUT2D eigenvalue weighted by Gasteiger charge is 2.07. The lowest BCUT2D eigenvalue weighted by Crippen LogP contribution is -1.98. The Morgan fingerprint density at radius 3 is 2.67 bits per heavy atom. The molecule has 1 heteroatoms. The standard InChI is InChI=1S/C11H13O/c1-2-6-11(9-12)10-7-4-3-5-8-10/h4-5,7-9,11H,2,6H2,1H3. The maximum atomic E-state index is 10.7. The fourth-order valence-electron chi connectivity index (χ4n) is 1.27. The fraction of sp³-hybridized carbons (Fsp3) is 0.364. The Labute approximate surface area is 73.4 Å². The fourth-order valence-corrected chi connectivity index (χ4v) is 1.27. The molecule has 0 saturated heterocycles. The van der Waals surface area contributed by atoms with Gasteiger partial charge in [-0.05, 0) is 18.1 Å². The van der Waals surface area contributed by atoms with Gasteiger partial charge in [0.25, 0.3) is 0 Å². The van der Waals surface area contributed by atoms with Crippen molar-refractivity contribution in [3.63, 3.8) is 0 Å². The van der Waals surface area contributed by atoms with Crippen molar-refractivity contribution in [2.24, 2.45) is 0 Å². The number of hydrogen-bond donors (Lipinski definition) is 0. The van der Waals surface area contributed by atoms with Crippen LogP contribution in [0.5, 0.6) is 0 Å². The summed E-state index contributed by atoms with van der Waals surface area (Å²) in [4.78, 5) is 10.7. The highest BCUT2D eigenvalue weighted by atomic mass is 16.1. The number of rotatable bonds is 4. The van der Waals surface area contributed by atoms with Crippen LogP contribution >= 0.6 is 0 Å². The number of hydrogen-bond acceptors (Lipinski definition) is 1. The normalized spacial score (nSPS) is 12.4. The summed E-state index contributed by atoms with van der Waals surface area (Å²) < 4.78 is 0. The zero-order valence-electron chi connectivity index (χ0n) is 7.29. The van der Waals surface area contributed by atoms with Crippen molar-refractivity contribution in [3.8, 4) is 0 Å². The van der Waals surface area contributed by atoms with E-state index in [2.05, 4.69) is 13.0 Å². The molecule has 0 bridgehead atoms. The van der Waals surface area contributed by atoms with Crippen LogP contribution < -0.4 is 0 Å². The molecule has 0 N–H and O–H groups in total. The smallest absolute Gasteiger partial charge is 0.127 e. The molecular weight excluding hydrogens is 148 g/mol. The zero-order valence-corrected chi connectivity index (χ0v) is 7.29. The third kappa shape index (κ3) is 2.19. The lowest BCUT2D eigenvalue weighted by Gasteiger charge is -2.07. The van der Waals surface area contributed by atoms with Crippen LogP contribution in [-0.4, -0.2) is 6.29 Å². The molecule has 0 spiro atoms. The molecule has 63 valence electrons. The van der Waals surface area contributed by atoms with Crippen LogP contribution in [0, 0.1) is 6.07 Å². The van der Waals surface area contributed by atoms with Crippen LogP contribution in [0.1, 0.15) is 31.2 Å². The average molecular weight is 161 g/mol. The molecule has 1 radical (unpaired) electrons. The SMILES string of the molecule is CCCC(C=O)c1cc[c]cc1. The van der Waals surface area contributed by atoms with Gasteiger partial charge in [0.15, 0.2) is 0 Å². The van der Waals surface area contributed by atoms with Gasteiger partial charge in [0, 0.05) is 5.92 Å². The molecule has 0 heterocycles. The topological polar surface area (TPSA) is 17.1 Å². The molecule has 0 amide bonds. The van der Waals surface area contributed by atoms with Gasteiger partial charge in [0.2, 0.25) is 0 Å². The molecule has 1 nitrogen and oxygen atoms in total. The number of aldehydes is 1. The minimum atomic E-state index is 0.0737. The molecule has 0 aliphatic rings. The third-order valence-corrected chi connectivity index (χ3v) is 1.94. The highest BCUT2D eigenvalue weighted by Crippen LogP contribution is 2.17. The first kappa shape index (κ1) is 8.98. The van der Waals surface area contributed by atoms with E-state index >= 15 is 0 Å². The minimum absolute atomic E-state index is 0.0737. The largest absolute Gasteiger partial charge is 0.303 e. The molecule has 1 unspecified atom stereocenters. The van der Waals surface area contributed by atoms with Gasteiger partial charge in [-0.15, -0.1) is 0 Å². The van der Waals surface area contributed by atoms with Crippen molar-refractivity contribution in [1.82, 2.24) is 0 Å². The molecule has 1 rings (SSSR count). The number of carbonyl (C=O) groups excluding carboxylic acids is 1. The van der Waals surface area contributed by atoms with Gasteiger partial charge in [-0.1, -0.05) is 37.6 Å². The van der Waals surface area contributed by atoms with E-state index in [-0.39, 0.29) is 5.92 Å². The van der Waals surface area contributed by atoms with Crippen molar-refractivity contribution >= 4 is 6.29 Å². The Hall–Kier alpha value is -1.11. The van der Waals surface area contributed by atoms with E-state index in [1.165, 1.54) is 0 Å². The van der Waals surface area contributed by atoms with E-state index in [9.17, 15) is 4.79 Å². The average Bonchev–Trinajstić information content (AvgIpc) is 2.15. The molecule has 1 aromatic carbocycles. The maximum absolute atomic E-state index is 10.7. The zero-order chi connectivity index (χ0) is 8.81. The molecule has 1 aromatic rings. The van der Waals surface area contributed by atoms with Crippen LogP contribution in [0.3, 0.4) is 0 Å². The van der Waals surface area contributed by atoms with E-state index in [1.807, 2.05) is 24.3 Å². The first-order chi connectivity index (χ1) is 5.88. The van der Waals surface area contributed by atoms with E-state index in [0.717, 1.165) is 24.7 Å². The lowest BCUT2D eigenvalue weighted by molar-refractivity contribution is -0.109. The first-order valence-corrected chi connectivity index (χ1v) is 4.29. The molecule has 0 aliphatic heterocycles. The Balaban J connectivity index is 2.73. The summed E-state index contributed by atoms with van der Waals surface area (Å²) in [7, 11) is 0. The first-order valence-electron chi connectivity index (χ1n) is 4.29. The summed E-state index contributed by atoms with van der Waals surface area (Å²) in [6, 6.07) is 10.5. The van der Waals surface area contributed by atoms with Gasteiger partial charge in [-0.3, -0.25) is 0 Å². The highest BCUT2D eigenvalue weighted by molar-refractivity contribution is 5.61. The molecular formula is C11H13O. The molecule has 1 atom stereocenters. The Morgan fingerprint density at radius 1 is 1.50 bits per heavy atom. The summed E-state index contributed by atoms with van der Waals surface area (Å²) >= 11 is 0. The van der Waals surface area contributed by atoms with Crippen LogP contribution in [0.15, 0.2) is 24.3 Å². The van der Waals surface area contributed by atoms with Crippen molar-refractivity contribution in [2.75, 3.05) is 0 Å². The second-order valence-corrected chi connectivity index (χ2v) is 2.86. The molecule has 0 aromatic heterocycles. The summed E-state index contributed by atoms with van der Waals surface area (Å²) in [5.41, 5.74) is 1.10. The van der Waals surface area contributed by atoms with Crippen LogP contribution in [0.2, 0.25) is 0 Å². The summed E-state index contributed by atoms with van der Waals surface area (Å²) in [5.74, 6) is 0.0737. The Bertz CT molecular complexity index is 228. The van der Waals surface area contributed by atoms with E-state index in [4.69, 9.17) is 0 Å². The quantitative estimate of drug-likeness (QED) is 0.620. The van der Waals surface area contributed by atoms with Crippen LogP contribution in [-0.2, 0) is 4.79 Å². The Kier molecular flexibility index (Phi) is 3.52. The van der Waals surface area contributed by atoms with Crippen LogP contribution in [0.4, 0.5) is 0 Å². The Morgan fingerprint density at radius 2 is 2.17 bits per heavy atom. The monoisotopic (exact) mass is 161 g/mol. The molecule has 12 heavy (non-hydrogen) atoms. The number of carbonyl (C=O) groups is 1.